The molecule has 0 aliphatic carbocycles. The van der Waals surface area contributed by atoms with Gasteiger partial charge in [-0.1, -0.05) is 11.6 Å². The Balaban J connectivity index is 4.57. The van der Waals surface area contributed by atoms with Crippen LogP contribution in [0.4, 0.5) is 0 Å². The fourth-order valence-corrected chi connectivity index (χ4v) is 0.664. The van der Waals surface area contributed by atoms with E-state index >= 15 is 0 Å². The second kappa shape index (κ2) is 4.07. The maximum absolute atomic E-state index is 10.7. The minimum atomic E-state index is -0.991. The first-order valence-corrected chi connectivity index (χ1v) is 3.91. The lowest BCUT2D eigenvalue weighted by Crippen LogP contribution is -2.24. The maximum Gasteiger partial charge on any atom is 0.313 e. The minimum absolute atomic E-state index is 0.136. The molecular weight excluding hydrogens is 172 g/mol. The number of carboxylic acids is 2. The summed E-state index contributed by atoms with van der Waals surface area (Å²) in [6.07, 6.45) is 1.29. The average Bonchev–Trinajstić information content (AvgIpc) is 1.99. The number of carboxylic acid groups (broad SMARTS) is 2. The highest BCUT2D eigenvalue weighted by molar-refractivity contribution is 5.78. The van der Waals surface area contributed by atoms with Crippen molar-refractivity contribution < 1.29 is 19.8 Å². The Morgan fingerprint density at radius 2 is 1.77 bits per heavy atom. The zero-order valence-corrected chi connectivity index (χ0v) is 8.00. The van der Waals surface area contributed by atoms with Crippen molar-refractivity contribution in [3.05, 3.63) is 11.6 Å². The van der Waals surface area contributed by atoms with Crippen LogP contribution in [0.5, 0.6) is 0 Å². The lowest BCUT2D eigenvalue weighted by Gasteiger charge is -2.19. The van der Waals surface area contributed by atoms with Crippen molar-refractivity contribution in [2.45, 2.75) is 27.2 Å². The van der Waals surface area contributed by atoms with E-state index in [4.69, 9.17) is 10.2 Å². The van der Waals surface area contributed by atoms with E-state index in [9.17, 15) is 9.59 Å². The first-order valence-electron chi connectivity index (χ1n) is 3.91. The standard InChI is InChI=1S/C9H14O4/c1-6(4-5-7(10)11)9(2,3)8(12)13/h4H,5H2,1-3H3,(H,10,11)(H,12,13). The van der Waals surface area contributed by atoms with Crippen LogP contribution in [0, 0.1) is 5.41 Å². The average molecular weight is 186 g/mol. The summed E-state index contributed by atoms with van der Waals surface area (Å²) in [5.41, 5.74) is -0.433. The van der Waals surface area contributed by atoms with Crippen LogP contribution in [0.25, 0.3) is 0 Å². The van der Waals surface area contributed by atoms with Crippen LogP contribution in [0.15, 0.2) is 11.6 Å². The first kappa shape index (κ1) is 11.7. The molecule has 0 aromatic carbocycles. The van der Waals surface area contributed by atoms with Crippen LogP contribution in [-0.2, 0) is 9.59 Å². The molecule has 2 N–H and O–H groups in total. The van der Waals surface area contributed by atoms with E-state index in [1.165, 1.54) is 6.08 Å². The molecule has 0 bridgehead atoms. The molecule has 0 amide bonds. The third-order valence-electron chi connectivity index (χ3n) is 2.10. The Bertz CT molecular complexity index is 250. The Kier molecular flexibility index (Phi) is 3.66. The molecule has 4 heteroatoms. The predicted molar refractivity (Wildman–Crippen MR) is 47.4 cm³/mol. The molecule has 0 rings (SSSR count). The van der Waals surface area contributed by atoms with Gasteiger partial charge in [-0.25, -0.2) is 0 Å². The van der Waals surface area contributed by atoms with Crippen LogP contribution in [0.2, 0.25) is 0 Å². The Hall–Kier alpha value is -1.32. The van der Waals surface area contributed by atoms with Gasteiger partial charge < -0.3 is 10.2 Å². The van der Waals surface area contributed by atoms with Gasteiger partial charge in [-0.05, 0) is 20.8 Å². The Morgan fingerprint density at radius 1 is 1.31 bits per heavy atom. The van der Waals surface area contributed by atoms with Crippen molar-refractivity contribution in [3.8, 4) is 0 Å². The van der Waals surface area contributed by atoms with Crippen LogP contribution >= 0.6 is 0 Å². The SMILES string of the molecule is CC(=CCC(=O)O)C(C)(C)C(=O)O. The number of hydrogen-bond donors (Lipinski definition) is 2. The Morgan fingerprint density at radius 3 is 2.08 bits per heavy atom. The van der Waals surface area contributed by atoms with Gasteiger partial charge in [-0.3, -0.25) is 9.59 Å². The highest BCUT2D eigenvalue weighted by atomic mass is 16.4. The predicted octanol–water partition coefficient (Wildman–Crippen LogP) is 1.52. The van der Waals surface area contributed by atoms with E-state index in [1.54, 1.807) is 20.8 Å². The summed E-state index contributed by atoms with van der Waals surface area (Å²) in [6, 6.07) is 0. The van der Waals surface area contributed by atoms with E-state index in [-0.39, 0.29) is 6.42 Å². The van der Waals surface area contributed by atoms with Crippen molar-refractivity contribution in [1.82, 2.24) is 0 Å². The topological polar surface area (TPSA) is 74.6 Å². The van der Waals surface area contributed by atoms with Crippen LogP contribution in [-0.4, -0.2) is 22.2 Å². The molecule has 0 aliphatic rings. The molecular formula is C9H14O4. The summed E-state index contributed by atoms with van der Waals surface area (Å²) >= 11 is 0. The molecule has 0 unspecified atom stereocenters. The van der Waals surface area contributed by atoms with Crippen molar-refractivity contribution in [3.63, 3.8) is 0 Å². The van der Waals surface area contributed by atoms with E-state index in [0.29, 0.717) is 5.57 Å². The molecule has 74 valence electrons. The first-order chi connectivity index (χ1) is 5.78. The second-order valence-corrected chi connectivity index (χ2v) is 3.42. The molecule has 0 aromatic rings. The fourth-order valence-electron chi connectivity index (χ4n) is 0.664. The monoisotopic (exact) mass is 186 g/mol. The highest BCUT2D eigenvalue weighted by Gasteiger charge is 2.28. The van der Waals surface area contributed by atoms with Crippen molar-refractivity contribution in [2.75, 3.05) is 0 Å². The quantitative estimate of drug-likeness (QED) is 0.653. The molecule has 0 spiro atoms. The number of rotatable bonds is 4. The number of carbonyl (C=O) groups is 2. The summed E-state index contributed by atoms with van der Waals surface area (Å²) in [5.74, 6) is -1.91. The lowest BCUT2D eigenvalue weighted by molar-refractivity contribution is -0.145. The molecule has 13 heavy (non-hydrogen) atoms. The van der Waals surface area contributed by atoms with Gasteiger partial charge in [-0.15, -0.1) is 0 Å². The van der Waals surface area contributed by atoms with Crippen molar-refractivity contribution in [2.24, 2.45) is 5.41 Å². The van der Waals surface area contributed by atoms with Gasteiger partial charge in [0.15, 0.2) is 0 Å². The second-order valence-electron chi connectivity index (χ2n) is 3.42. The summed E-state index contributed by atoms with van der Waals surface area (Å²) in [7, 11) is 0. The molecule has 0 fully saturated rings. The van der Waals surface area contributed by atoms with Gasteiger partial charge in [0.1, 0.15) is 0 Å². The largest absolute Gasteiger partial charge is 0.481 e. The summed E-state index contributed by atoms with van der Waals surface area (Å²) in [4.78, 5) is 20.9. The zero-order valence-electron chi connectivity index (χ0n) is 8.00. The van der Waals surface area contributed by atoms with Crippen LogP contribution in [0.1, 0.15) is 27.2 Å². The molecule has 0 aromatic heterocycles. The van der Waals surface area contributed by atoms with Crippen molar-refractivity contribution >= 4 is 11.9 Å². The zero-order chi connectivity index (χ0) is 10.6. The smallest absolute Gasteiger partial charge is 0.313 e. The minimum Gasteiger partial charge on any atom is -0.481 e. The van der Waals surface area contributed by atoms with Gasteiger partial charge >= 0.3 is 11.9 Å². The highest BCUT2D eigenvalue weighted by Crippen LogP contribution is 2.26. The van der Waals surface area contributed by atoms with E-state index < -0.39 is 17.4 Å². The molecule has 0 aliphatic heterocycles. The molecule has 0 radical (unpaired) electrons. The molecule has 0 atom stereocenters. The van der Waals surface area contributed by atoms with Crippen LogP contribution in [0.3, 0.4) is 0 Å². The fraction of sp³-hybridized carbons (Fsp3) is 0.556. The van der Waals surface area contributed by atoms with Gasteiger partial charge in [-0.2, -0.15) is 0 Å². The van der Waals surface area contributed by atoms with Gasteiger partial charge in [0.25, 0.3) is 0 Å². The summed E-state index contributed by atoms with van der Waals surface area (Å²) in [6.45, 7) is 4.71. The number of hydrogen-bond acceptors (Lipinski definition) is 2. The molecule has 0 heterocycles. The van der Waals surface area contributed by atoms with Crippen LogP contribution < -0.4 is 0 Å². The molecule has 4 nitrogen and oxygen atoms in total. The molecule has 0 saturated heterocycles. The van der Waals surface area contributed by atoms with E-state index in [1.807, 2.05) is 0 Å². The third kappa shape index (κ3) is 3.27. The lowest BCUT2D eigenvalue weighted by atomic mass is 9.85. The van der Waals surface area contributed by atoms with Crippen molar-refractivity contribution in [1.29, 1.82) is 0 Å². The Labute approximate surface area is 76.9 Å². The third-order valence-corrected chi connectivity index (χ3v) is 2.10. The normalized spacial score (nSPS) is 12.7. The van der Waals surface area contributed by atoms with Gasteiger partial charge in [0, 0.05) is 0 Å². The maximum atomic E-state index is 10.7. The molecule has 0 saturated carbocycles. The summed E-state index contributed by atoms with van der Waals surface area (Å²) < 4.78 is 0. The number of aliphatic carboxylic acids is 2. The van der Waals surface area contributed by atoms with E-state index in [0.717, 1.165) is 0 Å². The van der Waals surface area contributed by atoms with Gasteiger partial charge in [0.05, 0.1) is 11.8 Å². The van der Waals surface area contributed by atoms with E-state index in [2.05, 4.69) is 0 Å². The summed E-state index contributed by atoms with van der Waals surface area (Å²) in [5, 5.41) is 17.2. The van der Waals surface area contributed by atoms with Gasteiger partial charge in [0.2, 0.25) is 0 Å².